The van der Waals surface area contributed by atoms with Gasteiger partial charge in [0, 0.05) is 11.8 Å². The van der Waals surface area contributed by atoms with Crippen molar-refractivity contribution in [2.75, 3.05) is 12.9 Å². The summed E-state index contributed by atoms with van der Waals surface area (Å²) in [5, 5.41) is 13.6. The summed E-state index contributed by atoms with van der Waals surface area (Å²) in [5.41, 5.74) is 3.27. The zero-order valence-electron chi connectivity index (χ0n) is 22.6. The lowest BCUT2D eigenvalue weighted by Crippen LogP contribution is -2.21. The first-order valence-electron chi connectivity index (χ1n) is 12.6. The van der Waals surface area contributed by atoms with Crippen LogP contribution in [0.4, 0.5) is 0 Å². The predicted octanol–water partition coefficient (Wildman–Crippen LogP) is 7.51. The van der Waals surface area contributed by atoms with Crippen molar-refractivity contribution >= 4 is 31.4 Å². The maximum absolute atomic E-state index is 11.9. The lowest BCUT2D eigenvalue weighted by molar-refractivity contribution is 0.271. The van der Waals surface area contributed by atoms with Gasteiger partial charge in [-0.3, -0.25) is 0 Å². The molecule has 4 aromatic carbocycles. The van der Waals surface area contributed by atoms with Crippen molar-refractivity contribution in [1.82, 2.24) is 0 Å². The lowest BCUT2D eigenvalue weighted by atomic mass is 9.81. The molecule has 0 fully saturated rings. The maximum atomic E-state index is 11.9. The fraction of sp³-hybridized carbons (Fsp3) is 0.344. The van der Waals surface area contributed by atoms with Gasteiger partial charge in [-0.25, -0.2) is 8.42 Å². The van der Waals surface area contributed by atoms with Crippen LogP contribution in [0.25, 0.3) is 21.5 Å². The first-order chi connectivity index (χ1) is 17.3. The van der Waals surface area contributed by atoms with Crippen molar-refractivity contribution in [2.24, 2.45) is 0 Å². The Balaban J connectivity index is 1.54. The third-order valence-corrected chi connectivity index (χ3v) is 8.33. The van der Waals surface area contributed by atoms with Crippen LogP contribution in [0.1, 0.15) is 57.7 Å². The second kappa shape index (κ2) is 9.84. The minimum Gasteiger partial charge on any atom is -0.493 e. The Hall–Kier alpha value is -3.36. The van der Waals surface area contributed by atoms with E-state index in [0.29, 0.717) is 17.9 Å². The fourth-order valence-corrected chi connectivity index (χ4v) is 5.33. The van der Waals surface area contributed by atoms with E-state index in [4.69, 9.17) is 4.74 Å². The molecule has 0 aromatic heterocycles. The highest BCUT2D eigenvalue weighted by Crippen LogP contribution is 2.34. The summed E-state index contributed by atoms with van der Waals surface area (Å²) in [4.78, 5) is 0.332. The molecule has 4 aromatic rings. The first-order valence-corrected chi connectivity index (χ1v) is 14.5. The van der Waals surface area contributed by atoms with Crippen molar-refractivity contribution in [1.29, 1.82) is 5.26 Å². The molecule has 192 valence electrons. The van der Waals surface area contributed by atoms with E-state index in [1.807, 2.05) is 18.2 Å². The lowest BCUT2D eigenvalue weighted by Gasteiger charge is -2.26. The van der Waals surface area contributed by atoms with Crippen LogP contribution in [0.15, 0.2) is 71.6 Å². The highest BCUT2D eigenvalue weighted by molar-refractivity contribution is 7.90. The van der Waals surface area contributed by atoms with E-state index in [0.717, 1.165) is 39.3 Å². The van der Waals surface area contributed by atoms with Crippen LogP contribution in [0.3, 0.4) is 0 Å². The monoisotopic (exact) mass is 513 g/mol. The maximum Gasteiger partial charge on any atom is 0.175 e. The van der Waals surface area contributed by atoms with Crippen molar-refractivity contribution in [2.45, 2.75) is 63.2 Å². The van der Waals surface area contributed by atoms with Gasteiger partial charge < -0.3 is 4.74 Å². The van der Waals surface area contributed by atoms with E-state index in [1.54, 1.807) is 12.1 Å². The Morgan fingerprint density at radius 1 is 0.811 bits per heavy atom. The molecule has 4 rings (SSSR count). The third-order valence-electron chi connectivity index (χ3n) is 7.22. The molecule has 0 aliphatic heterocycles. The summed E-state index contributed by atoms with van der Waals surface area (Å²) < 4.78 is 30.1. The molecule has 0 spiro atoms. The number of nitriles is 1. The third kappa shape index (κ3) is 5.81. The molecule has 0 amide bonds. The first kappa shape index (κ1) is 26.7. The van der Waals surface area contributed by atoms with Crippen LogP contribution in [0, 0.1) is 11.3 Å². The Labute approximate surface area is 220 Å². The van der Waals surface area contributed by atoms with Gasteiger partial charge >= 0.3 is 0 Å². The SMILES string of the molecule is CC(C)(C)c1ccc2c(CC#N)c(OCCC(C)(C)c3ccc4cc(S(C)(=O)=O)ccc4c3)ccc2c1. The molecule has 0 radical (unpaired) electrons. The summed E-state index contributed by atoms with van der Waals surface area (Å²) in [5.74, 6) is 0.764. The van der Waals surface area contributed by atoms with Gasteiger partial charge in [-0.1, -0.05) is 83.1 Å². The number of fused-ring (bicyclic) bond motifs is 2. The normalized spacial score (nSPS) is 12.6. The van der Waals surface area contributed by atoms with E-state index >= 15 is 0 Å². The number of benzene rings is 4. The topological polar surface area (TPSA) is 67.2 Å². The van der Waals surface area contributed by atoms with Gasteiger partial charge in [0.05, 0.1) is 24.0 Å². The van der Waals surface area contributed by atoms with Crippen LogP contribution in [-0.4, -0.2) is 21.3 Å². The van der Waals surface area contributed by atoms with Gasteiger partial charge in [0.25, 0.3) is 0 Å². The Bertz CT molecular complexity index is 1620. The molecule has 0 atom stereocenters. The number of hydrogen-bond donors (Lipinski definition) is 0. The second-order valence-corrected chi connectivity index (χ2v) is 13.6. The van der Waals surface area contributed by atoms with Gasteiger partial charge in [0.2, 0.25) is 0 Å². The Morgan fingerprint density at radius 2 is 1.43 bits per heavy atom. The van der Waals surface area contributed by atoms with Crippen molar-refractivity contribution < 1.29 is 13.2 Å². The van der Waals surface area contributed by atoms with Crippen LogP contribution in [-0.2, 0) is 27.1 Å². The van der Waals surface area contributed by atoms with E-state index in [2.05, 4.69) is 77.1 Å². The average molecular weight is 514 g/mol. The highest BCUT2D eigenvalue weighted by Gasteiger charge is 2.22. The predicted molar refractivity (Wildman–Crippen MR) is 152 cm³/mol. The highest BCUT2D eigenvalue weighted by atomic mass is 32.2. The smallest absolute Gasteiger partial charge is 0.175 e. The van der Waals surface area contributed by atoms with Crippen molar-refractivity contribution in [3.8, 4) is 11.8 Å². The van der Waals surface area contributed by atoms with Crippen LogP contribution in [0.2, 0.25) is 0 Å². The minimum atomic E-state index is -3.24. The van der Waals surface area contributed by atoms with Gasteiger partial charge in [-0.2, -0.15) is 5.26 Å². The van der Waals surface area contributed by atoms with E-state index in [1.165, 1.54) is 17.4 Å². The second-order valence-electron chi connectivity index (χ2n) is 11.5. The van der Waals surface area contributed by atoms with Gasteiger partial charge in [-0.05, 0) is 68.1 Å². The molecular formula is C32H35NO3S. The number of rotatable bonds is 7. The van der Waals surface area contributed by atoms with Crippen LogP contribution >= 0.6 is 0 Å². The molecule has 0 saturated carbocycles. The molecule has 0 aliphatic carbocycles. The van der Waals surface area contributed by atoms with E-state index < -0.39 is 9.84 Å². The summed E-state index contributed by atoms with van der Waals surface area (Å²) in [6.45, 7) is 11.5. The zero-order valence-corrected chi connectivity index (χ0v) is 23.4. The molecule has 37 heavy (non-hydrogen) atoms. The van der Waals surface area contributed by atoms with E-state index in [-0.39, 0.29) is 10.8 Å². The van der Waals surface area contributed by atoms with Crippen LogP contribution < -0.4 is 4.74 Å². The summed E-state index contributed by atoms with van der Waals surface area (Å²) in [6.07, 6.45) is 2.31. The molecule has 0 heterocycles. The largest absolute Gasteiger partial charge is 0.493 e. The zero-order chi connectivity index (χ0) is 27.0. The summed E-state index contributed by atoms with van der Waals surface area (Å²) in [7, 11) is -3.24. The standard InChI is InChI=1S/C32H35NO3S/c1-31(2,3)25-11-13-28-24(20-25)9-14-30(29(28)15-17-33)36-18-16-32(4,5)26-10-7-23-21-27(37(6,34)35)12-8-22(23)19-26/h7-14,19-21H,15-16,18H2,1-6H3. The molecule has 4 nitrogen and oxygen atoms in total. The Kier molecular flexibility index (Phi) is 7.10. The molecule has 0 N–H and O–H groups in total. The van der Waals surface area contributed by atoms with Crippen molar-refractivity contribution in [3.63, 3.8) is 0 Å². The fourth-order valence-electron chi connectivity index (χ4n) is 4.67. The summed E-state index contributed by atoms with van der Waals surface area (Å²) >= 11 is 0. The molecule has 0 unspecified atom stereocenters. The molecule has 0 aliphatic rings. The quantitative estimate of drug-likeness (QED) is 0.256. The molecule has 5 heteroatoms. The minimum absolute atomic E-state index is 0.0586. The van der Waals surface area contributed by atoms with E-state index in [9.17, 15) is 13.7 Å². The van der Waals surface area contributed by atoms with Gasteiger partial charge in [0.15, 0.2) is 9.84 Å². The Morgan fingerprint density at radius 3 is 2.11 bits per heavy atom. The summed E-state index contributed by atoms with van der Waals surface area (Å²) in [6, 6.07) is 24.3. The van der Waals surface area contributed by atoms with Crippen LogP contribution in [0.5, 0.6) is 5.75 Å². The van der Waals surface area contributed by atoms with Gasteiger partial charge in [-0.15, -0.1) is 0 Å². The van der Waals surface area contributed by atoms with Gasteiger partial charge in [0.1, 0.15) is 5.75 Å². The number of hydrogen-bond acceptors (Lipinski definition) is 4. The number of nitrogens with zero attached hydrogens (tertiary/aromatic N) is 1. The average Bonchev–Trinajstić information content (AvgIpc) is 2.83. The number of ether oxygens (including phenoxy) is 1. The molecular weight excluding hydrogens is 478 g/mol. The molecule has 0 bridgehead atoms. The molecule has 0 saturated heterocycles. The van der Waals surface area contributed by atoms with Crippen molar-refractivity contribution in [3.05, 3.63) is 83.4 Å². The number of sulfone groups is 1.